The molecule has 0 radical (unpaired) electrons. The van der Waals surface area contributed by atoms with Crippen LogP contribution in [0.4, 0.5) is 8.78 Å². The van der Waals surface area contributed by atoms with Gasteiger partial charge in [-0.25, -0.2) is 14.8 Å². The summed E-state index contributed by atoms with van der Waals surface area (Å²) < 4.78 is 44.2. The lowest BCUT2D eigenvalue weighted by atomic mass is 10.2. The van der Waals surface area contributed by atoms with Crippen molar-refractivity contribution in [3.63, 3.8) is 0 Å². The Morgan fingerprint density at radius 3 is 2.85 bits per heavy atom. The number of aromatic nitrogens is 2. The molecule has 0 aliphatic rings. The average Bonchev–Trinajstić information content (AvgIpc) is 3.01. The van der Waals surface area contributed by atoms with Crippen LogP contribution in [0.15, 0.2) is 40.8 Å². The number of carbonyl (C=O) groups excluding carboxylic acids is 1. The third kappa shape index (κ3) is 4.11. The Kier molecular flexibility index (Phi) is 5.46. The van der Waals surface area contributed by atoms with Crippen LogP contribution in [0, 0.1) is 6.92 Å². The summed E-state index contributed by atoms with van der Waals surface area (Å²) in [6.07, 6.45) is 2.44. The summed E-state index contributed by atoms with van der Waals surface area (Å²) in [7, 11) is 0. The first-order chi connectivity index (χ1) is 12.9. The molecule has 0 spiro atoms. The summed E-state index contributed by atoms with van der Waals surface area (Å²) >= 11 is 0. The van der Waals surface area contributed by atoms with E-state index in [1.165, 1.54) is 6.08 Å². The number of alkyl halides is 2. The fraction of sp³-hybridized carbons (Fsp3) is 0.316. The highest BCUT2D eigenvalue weighted by Crippen LogP contribution is 2.32. The van der Waals surface area contributed by atoms with Crippen LogP contribution in [0.5, 0.6) is 0 Å². The van der Waals surface area contributed by atoms with Crippen molar-refractivity contribution in [1.82, 2.24) is 9.97 Å². The van der Waals surface area contributed by atoms with E-state index >= 15 is 0 Å². The Bertz CT molecular complexity index is 998. The van der Waals surface area contributed by atoms with Gasteiger partial charge in [0.1, 0.15) is 17.7 Å². The van der Waals surface area contributed by atoms with Crippen LogP contribution in [0.2, 0.25) is 0 Å². The molecule has 0 saturated carbocycles. The molecule has 8 heteroatoms. The first-order valence-electron chi connectivity index (χ1n) is 8.37. The smallest absolute Gasteiger partial charge is 0.330 e. The van der Waals surface area contributed by atoms with Crippen molar-refractivity contribution in [3.05, 3.63) is 47.9 Å². The summed E-state index contributed by atoms with van der Waals surface area (Å²) in [5.41, 5.74) is 1.61. The van der Waals surface area contributed by atoms with Crippen LogP contribution in [0.1, 0.15) is 18.4 Å². The number of carbonyl (C=O) groups is 1. The van der Waals surface area contributed by atoms with Gasteiger partial charge in [-0.1, -0.05) is 18.2 Å². The zero-order valence-corrected chi connectivity index (χ0v) is 14.9. The Morgan fingerprint density at radius 1 is 1.30 bits per heavy atom. The number of ether oxygens (including phenoxy) is 2. The fourth-order valence-corrected chi connectivity index (χ4v) is 2.55. The van der Waals surface area contributed by atoms with Crippen LogP contribution in [0.3, 0.4) is 0 Å². The minimum absolute atomic E-state index is 0.162. The molecule has 0 aliphatic carbocycles. The highest BCUT2D eigenvalue weighted by Gasteiger charge is 2.36. The van der Waals surface area contributed by atoms with Crippen LogP contribution in [-0.2, 0) is 20.2 Å². The van der Waals surface area contributed by atoms with Gasteiger partial charge in [0.25, 0.3) is 0 Å². The molecule has 0 saturated heterocycles. The summed E-state index contributed by atoms with van der Waals surface area (Å²) in [5.74, 6) is -4.58. The standard InChI is InChI=1S/C19H18F2N2O4/c1-3-26-15(24)9-6-10-25-11-19(20,21)18-22-12(2)17-16(23-18)13-7-4-5-8-14(13)27-17/h4-9H,3,10-11H2,1-2H3/b9-6+. The summed E-state index contributed by atoms with van der Waals surface area (Å²) in [4.78, 5) is 19.0. The van der Waals surface area contributed by atoms with E-state index in [1.54, 1.807) is 38.1 Å². The number of esters is 1. The lowest BCUT2D eigenvalue weighted by molar-refractivity contribution is -0.137. The normalized spacial score (nSPS) is 12.3. The van der Waals surface area contributed by atoms with E-state index in [2.05, 4.69) is 14.7 Å². The van der Waals surface area contributed by atoms with E-state index in [9.17, 15) is 13.6 Å². The van der Waals surface area contributed by atoms with Gasteiger partial charge in [0.2, 0.25) is 5.82 Å². The SMILES string of the molecule is CCOC(=O)/C=C/COCC(F)(F)c1nc(C)c2oc3ccccc3c2n1. The van der Waals surface area contributed by atoms with Gasteiger partial charge in [0, 0.05) is 11.5 Å². The third-order valence-electron chi connectivity index (χ3n) is 3.75. The number of furan rings is 1. The van der Waals surface area contributed by atoms with E-state index in [0.29, 0.717) is 27.8 Å². The average molecular weight is 376 g/mol. The molecule has 27 heavy (non-hydrogen) atoms. The van der Waals surface area contributed by atoms with E-state index in [-0.39, 0.29) is 13.2 Å². The molecule has 3 rings (SSSR count). The van der Waals surface area contributed by atoms with Crippen LogP contribution >= 0.6 is 0 Å². The molecule has 2 heterocycles. The second-order valence-electron chi connectivity index (χ2n) is 5.78. The van der Waals surface area contributed by atoms with Gasteiger partial charge in [0.15, 0.2) is 5.58 Å². The van der Waals surface area contributed by atoms with Crippen molar-refractivity contribution >= 4 is 28.0 Å². The molecule has 0 amide bonds. The summed E-state index contributed by atoms with van der Waals surface area (Å²) in [5, 5.41) is 0.647. The molecule has 0 fully saturated rings. The van der Waals surface area contributed by atoms with E-state index < -0.39 is 24.3 Å². The van der Waals surface area contributed by atoms with Crippen molar-refractivity contribution in [2.75, 3.05) is 19.8 Å². The number of nitrogens with zero attached hydrogens (tertiary/aromatic N) is 2. The molecule has 2 aromatic heterocycles. The number of benzene rings is 1. The van der Waals surface area contributed by atoms with Crippen LogP contribution in [0.25, 0.3) is 22.1 Å². The molecule has 3 aromatic rings. The highest BCUT2D eigenvalue weighted by molar-refractivity contribution is 6.02. The Hall–Kier alpha value is -2.87. The number of hydrogen-bond acceptors (Lipinski definition) is 6. The topological polar surface area (TPSA) is 74.5 Å². The Morgan fingerprint density at radius 2 is 2.07 bits per heavy atom. The Balaban J connectivity index is 1.77. The molecule has 0 atom stereocenters. The number of para-hydroxylation sites is 1. The first kappa shape index (κ1) is 18.9. The van der Waals surface area contributed by atoms with E-state index in [0.717, 1.165) is 6.08 Å². The maximum Gasteiger partial charge on any atom is 0.330 e. The van der Waals surface area contributed by atoms with Gasteiger partial charge in [0.05, 0.1) is 18.9 Å². The monoisotopic (exact) mass is 376 g/mol. The second kappa shape index (κ2) is 7.79. The Labute approximate surface area is 153 Å². The zero-order valence-electron chi connectivity index (χ0n) is 14.9. The number of aryl methyl sites for hydroxylation is 1. The van der Waals surface area contributed by atoms with Gasteiger partial charge >= 0.3 is 11.9 Å². The molecular formula is C19H18F2N2O4. The number of halogens is 2. The predicted molar refractivity (Wildman–Crippen MR) is 94.5 cm³/mol. The van der Waals surface area contributed by atoms with E-state index in [4.69, 9.17) is 9.15 Å². The van der Waals surface area contributed by atoms with Crippen molar-refractivity contribution in [2.24, 2.45) is 0 Å². The minimum atomic E-state index is -3.39. The van der Waals surface area contributed by atoms with Crippen molar-refractivity contribution < 1.29 is 27.5 Å². The maximum absolute atomic E-state index is 14.5. The highest BCUT2D eigenvalue weighted by atomic mass is 19.3. The van der Waals surface area contributed by atoms with Gasteiger partial charge < -0.3 is 13.9 Å². The fourth-order valence-electron chi connectivity index (χ4n) is 2.55. The van der Waals surface area contributed by atoms with Gasteiger partial charge in [-0.3, -0.25) is 0 Å². The van der Waals surface area contributed by atoms with Gasteiger partial charge in [-0.15, -0.1) is 0 Å². The number of fused-ring (bicyclic) bond motifs is 3. The second-order valence-corrected chi connectivity index (χ2v) is 5.78. The predicted octanol–water partition coefficient (Wildman–Crippen LogP) is 3.91. The van der Waals surface area contributed by atoms with Crippen molar-refractivity contribution in [1.29, 1.82) is 0 Å². The maximum atomic E-state index is 14.5. The van der Waals surface area contributed by atoms with Gasteiger partial charge in [-0.2, -0.15) is 8.78 Å². The van der Waals surface area contributed by atoms with Crippen molar-refractivity contribution in [3.8, 4) is 0 Å². The van der Waals surface area contributed by atoms with E-state index in [1.807, 2.05) is 0 Å². The largest absolute Gasteiger partial charge is 0.463 e. The summed E-state index contributed by atoms with van der Waals surface area (Å²) in [6, 6.07) is 7.08. The first-order valence-corrected chi connectivity index (χ1v) is 8.37. The lowest BCUT2D eigenvalue weighted by Gasteiger charge is -2.15. The third-order valence-corrected chi connectivity index (χ3v) is 3.75. The summed E-state index contributed by atoms with van der Waals surface area (Å²) in [6.45, 7) is 2.43. The molecule has 0 unspecified atom stereocenters. The molecule has 1 aromatic carbocycles. The van der Waals surface area contributed by atoms with Crippen LogP contribution < -0.4 is 0 Å². The quantitative estimate of drug-likeness (QED) is 0.354. The minimum Gasteiger partial charge on any atom is -0.463 e. The molecule has 0 bridgehead atoms. The van der Waals surface area contributed by atoms with Crippen molar-refractivity contribution in [2.45, 2.75) is 19.8 Å². The molecular weight excluding hydrogens is 358 g/mol. The number of rotatable bonds is 7. The lowest BCUT2D eigenvalue weighted by Crippen LogP contribution is -2.24. The molecule has 6 nitrogen and oxygen atoms in total. The molecule has 0 aliphatic heterocycles. The molecule has 0 N–H and O–H groups in total. The number of hydrogen-bond donors (Lipinski definition) is 0. The molecule has 142 valence electrons. The zero-order chi connectivity index (χ0) is 19.4. The van der Waals surface area contributed by atoms with Crippen LogP contribution in [-0.4, -0.2) is 35.8 Å². The van der Waals surface area contributed by atoms with Gasteiger partial charge in [-0.05, 0) is 26.0 Å².